The summed E-state index contributed by atoms with van der Waals surface area (Å²) in [7, 11) is 0. The first-order chi connectivity index (χ1) is 5.75. The van der Waals surface area contributed by atoms with E-state index in [0.717, 1.165) is 25.5 Å². The Balaban J connectivity index is 2.74. The highest BCUT2D eigenvalue weighted by molar-refractivity contribution is 5.60. The lowest BCUT2D eigenvalue weighted by Gasteiger charge is -2.36. The summed E-state index contributed by atoms with van der Waals surface area (Å²) in [5.74, 6) is 3.10. The molecule has 1 aliphatic rings. The molecule has 1 nitrogen and oxygen atoms in total. The summed E-state index contributed by atoms with van der Waals surface area (Å²) in [5, 5.41) is 0. The molecule has 1 saturated carbocycles. The fourth-order valence-electron chi connectivity index (χ4n) is 2.11. The van der Waals surface area contributed by atoms with Gasteiger partial charge in [-0.25, -0.2) is 0 Å². The van der Waals surface area contributed by atoms with Gasteiger partial charge in [0, 0.05) is 11.8 Å². The van der Waals surface area contributed by atoms with Gasteiger partial charge in [0.05, 0.1) is 0 Å². The zero-order chi connectivity index (χ0) is 9.03. The molecule has 0 N–H and O–H groups in total. The highest BCUT2D eigenvalue weighted by atomic mass is 16.1. The maximum atomic E-state index is 11.0. The van der Waals surface area contributed by atoms with Crippen LogP contribution >= 0.6 is 0 Å². The van der Waals surface area contributed by atoms with E-state index in [9.17, 15) is 4.79 Å². The van der Waals surface area contributed by atoms with Crippen LogP contribution in [0.2, 0.25) is 0 Å². The average Bonchev–Trinajstić information content (AvgIpc) is 2.10. The average molecular weight is 164 g/mol. The van der Waals surface area contributed by atoms with Crippen molar-refractivity contribution < 1.29 is 4.79 Å². The zero-order valence-corrected chi connectivity index (χ0v) is 7.68. The molecule has 0 aromatic heterocycles. The second kappa shape index (κ2) is 3.76. The molecule has 0 aromatic carbocycles. The predicted molar refractivity (Wildman–Crippen MR) is 49.6 cm³/mol. The number of hydrogen-bond acceptors (Lipinski definition) is 1. The molecule has 1 fully saturated rings. The zero-order valence-electron chi connectivity index (χ0n) is 7.68. The molecule has 0 amide bonds. The molecule has 0 radical (unpaired) electrons. The van der Waals surface area contributed by atoms with Crippen LogP contribution in [0.3, 0.4) is 0 Å². The first kappa shape index (κ1) is 9.32. The lowest BCUT2D eigenvalue weighted by molar-refractivity contribution is -0.120. The van der Waals surface area contributed by atoms with Crippen molar-refractivity contribution in [2.45, 2.75) is 39.0 Å². The Labute approximate surface area is 74.5 Å². The van der Waals surface area contributed by atoms with Crippen LogP contribution in [-0.2, 0) is 4.79 Å². The molecule has 1 heteroatoms. The van der Waals surface area contributed by atoms with Crippen molar-refractivity contribution in [3.8, 4) is 12.3 Å². The number of hydrogen-bond donors (Lipinski definition) is 0. The van der Waals surface area contributed by atoms with Gasteiger partial charge in [-0.3, -0.25) is 0 Å². The fourth-order valence-corrected chi connectivity index (χ4v) is 2.11. The van der Waals surface area contributed by atoms with Gasteiger partial charge in [0.1, 0.15) is 6.29 Å². The first-order valence-corrected chi connectivity index (χ1v) is 4.65. The first-order valence-electron chi connectivity index (χ1n) is 4.65. The number of carbonyl (C=O) groups excluding carboxylic acids is 1. The number of aldehydes is 1. The summed E-state index contributed by atoms with van der Waals surface area (Å²) in [6.45, 7) is 2.14. The smallest absolute Gasteiger partial charge is 0.127 e. The SMILES string of the molecule is C#CC[C@@]1(C=O)CCCC[C@@H]1C. The Morgan fingerprint density at radius 3 is 2.92 bits per heavy atom. The monoisotopic (exact) mass is 164 g/mol. The summed E-state index contributed by atoms with van der Waals surface area (Å²) in [4.78, 5) is 11.0. The summed E-state index contributed by atoms with van der Waals surface area (Å²) in [6, 6.07) is 0. The van der Waals surface area contributed by atoms with Gasteiger partial charge in [-0.05, 0) is 18.8 Å². The lowest BCUT2D eigenvalue weighted by Crippen LogP contribution is -2.33. The predicted octanol–water partition coefficient (Wildman–Crippen LogP) is 2.41. The molecule has 12 heavy (non-hydrogen) atoms. The highest BCUT2D eigenvalue weighted by Gasteiger charge is 2.36. The minimum atomic E-state index is -0.187. The Morgan fingerprint density at radius 2 is 2.42 bits per heavy atom. The molecule has 1 rings (SSSR count). The third kappa shape index (κ3) is 1.53. The second-order valence-corrected chi connectivity index (χ2v) is 3.88. The largest absolute Gasteiger partial charge is 0.303 e. The van der Waals surface area contributed by atoms with Crippen LogP contribution in [0.5, 0.6) is 0 Å². The summed E-state index contributed by atoms with van der Waals surface area (Å²) >= 11 is 0. The van der Waals surface area contributed by atoms with Crippen LogP contribution < -0.4 is 0 Å². The standard InChI is InChI=1S/C11H16O/c1-3-7-11(9-12)8-5-4-6-10(11)2/h1,9-10H,4-8H2,2H3/t10-,11-/m0/s1. The van der Waals surface area contributed by atoms with E-state index in [-0.39, 0.29) is 5.41 Å². The molecule has 1 aliphatic carbocycles. The maximum absolute atomic E-state index is 11.0. The van der Waals surface area contributed by atoms with E-state index in [4.69, 9.17) is 6.42 Å². The molecule has 66 valence electrons. The Bertz CT molecular complexity index is 202. The van der Waals surface area contributed by atoms with Gasteiger partial charge in [-0.15, -0.1) is 12.3 Å². The summed E-state index contributed by atoms with van der Waals surface area (Å²) in [5.41, 5.74) is -0.187. The van der Waals surface area contributed by atoms with Crippen LogP contribution in [0.25, 0.3) is 0 Å². The normalized spacial score (nSPS) is 35.5. The number of terminal acetylenes is 1. The van der Waals surface area contributed by atoms with Gasteiger partial charge in [-0.2, -0.15) is 0 Å². The Hall–Kier alpha value is -0.770. The molecular formula is C11H16O. The van der Waals surface area contributed by atoms with E-state index in [0.29, 0.717) is 12.3 Å². The van der Waals surface area contributed by atoms with E-state index < -0.39 is 0 Å². The molecule has 0 unspecified atom stereocenters. The van der Waals surface area contributed by atoms with E-state index in [2.05, 4.69) is 12.8 Å². The Morgan fingerprint density at radius 1 is 1.67 bits per heavy atom. The minimum absolute atomic E-state index is 0.187. The molecule has 0 saturated heterocycles. The topological polar surface area (TPSA) is 17.1 Å². The summed E-state index contributed by atoms with van der Waals surface area (Å²) in [6.07, 6.45) is 11.5. The van der Waals surface area contributed by atoms with Gasteiger partial charge in [0.25, 0.3) is 0 Å². The van der Waals surface area contributed by atoms with Gasteiger partial charge in [0.2, 0.25) is 0 Å². The molecule has 0 aliphatic heterocycles. The van der Waals surface area contributed by atoms with Gasteiger partial charge >= 0.3 is 0 Å². The van der Waals surface area contributed by atoms with Crippen LogP contribution in [0, 0.1) is 23.7 Å². The van der Waals surface area contributed by atoms with Crippen molar-refractivity contribution >= 4 is 6.29 Å². The van der Waals surface area contributed by atoms with Crippen LogP contribution in [0.4, 0.5) is 0 Å². The lowest BCUT2D eigenvalue weighted by atomic mass is 9.66. The minimum Gasteiger partial charge on any atom is -0.303 e. The summed E-state index contributed by atoms with van der Waals surface area (Å²) < 4.78 is 0. The molecule has 0 bridgehead atoms. The fraction of sp³-hybridized carbons (Fsp3) is 0.727. The molecule has 0 spiro atoms. The van der Waals surface area contributed by atoms with Crippen molar-refractivity contribution in [1.82, 2.24) is 0 Å². The maximum Gasteiger partial charge on any atom is 0.127 e. The van der Waals surface area contributed by atoms with Crippen LogP contribution in [0.15, 0.2) is 0 Å². The van der Waals surface area contributed by atoms with E-state index in [1.165, 1.54) is 6.42 Å². The van der Waals surface area contributed by atoms with Crippen LogP contribution in [0.1, 0.15) is 39.0 Å². The van der Waals surface area contributed by atoms with Gasteiger partial charge in [-0.1, -0.05) is 19.8 Å². The van der Waals surface area contributed by atoms with Gasteiger partial charge in [0.15, 0.2) is 0 Å². The van der Waals surface area contributed by atoms with Gasteiger partial charge < -0.3 is 4.79 Å². The molecule has 0 aromatic rings. The molecular weight excluding hydrogens is 148 g/mol. The molecule has 0 heterocycles. The number of rotatable bonds is 2. The highest BCUT2D eigenvalue weighted by Crippen LogP contribution is 2.41. The van der Waals surface area contributed by atoms with Crippen molar-refractivity contribution in [2.75, 3.05) is 0 Å². The van der Waals surface area contributed by atoms with E-state index >= 15 is 0 Å². The van der Waals surface area contributed by atoms with E-state index in [1.807, 2.05) is 0 Å². The third-order valence-corrected chi connectivity index (χ3v) is 3.18. The van der Waals surface area contributed by atoms with Crippen molar-refractivity contribution in [2.24, 2.45) is 11.3 Å². The van der Waals surface area contributed by atoms with Crippen LogP contribution in [-0.4, -0.2) is 6.29 Å². The third-order valence-electron chi connectivity index (χ3n) is 3.18. The quantitative estimate of drug-likeness (QED) is 0.452. The van der Waals surface area contributed by atoms with E-state index in [1.54, 1.807) is 0 Å². The van der Waals surface area contributed by atoms with Crippen molar-refractivity contribution in [3.05, 3.63) is 0 Å². The van der Waals surface area contributed by atoms with Crippen molar-refractivity contribution in [3.63, 3.8) is 0 Å². The van der Waals surface area contributed by atoms with Crippen molar-refractivity contribution in [1.29, 1.82) is 0 Å². The molecule has 2 atom stereocenters. The Kier molecular flexibility index (Phi) is 2.92. The second-order valence-electron chi connectivity index (χ2n) is 3.88. The number of carbonyl (C=O) groups is 1.